The number of rotatable bonds is 1. The van der Waals surface area contributed by atoms with Crippen molar-refractivity contribution in [3.8, 4) is 10.7 Å². The van der Waals surface area contributed by atoms with Crippen LogP contribution in [0.3, 0.4) is 0 Å². The van der Waals surface area contributed by atoms with E-state index < -0.39 is 0 Å². The number of aryl methyl sites for hydroxylation is 1. The van der Waals surface area contributed by atoms with Gasteiger partial charge in [-0.2, -0.15) is 0 Å². The molecule has 66 valence electrons. The molecule has 0 spiro atoms. The summed E-state index contributed by atoms with van der Waals surface area (Å²) >= 11 is 7.42. The van der Waals surface area contributed by atoms with Crippen molar-refractivity contribution in [3.05, 3.63) is 34.4 Å². The van der Waals surface area contributed by atoms with Crippen LogP contribution in [-0.2, 0) is 0 Å². The van der Waals surface area contributed by atoms with Crippen LogP contribution in [0.1, 0.15) is 4.88 Å². The first kappa shape index (κ1) is 8.66. The van der Waals surface area contributed by atoms with Crippen LogP contribution in [0.4, 0.5) is 0 Å². The van der Waals surface area contributed by atoms with E-state index in [1.807, 2.05) is 12.1 Å². The number of hydrogen-bond donors (Lipinski definition) is 0. The predicted octanol–water partition coefficient (Wildman–Crippen LogP) is 3.17. The van der Waals surface area contributed by atoms with Crippen LogP contribution < -0.4 is 0 Å². The van der Waals surface area contributed by atoms with Gasteiger partial charge in [-0.1, -0.05) is 11.6 Å². The van der Waals surface area contributed by atoms with Crippen molar-refractivity contribution in [2.24, 2.45) is 0 Å². The molecule has 0 saturated heterocycles. The first-order valence-corrected chi connectivity index (χ1v) is 5.00. The van der Waals surface area contributed by atoms with E-state index in [1.54, 1.807) is 23.6 Å². The van der Waals surface area contributed by atoms with Gasteiger partial charge in [-0.15, -0.1) is 11.3 Å². The molecule has 0 aliphatic rings. The van der Waals surface area contributed by atoms with Gasteiger partial charge in [0.05, 0.1) is 4.88 Å². The lowest BCUT2D eigenvalue weighted by molar-refractivity contribution is 1.19. The molecule has 0 N–H and O–H groups in total. The zero-order valence-electron chi connectivity index (χ0n) is 6.99. The molecule has 0 atom stereocenters. The van der Waals surface area contributed by atoms with Gasteiger partial charge in [-0.05, 0) is 25.1 Å². The van der Waals surface area contributed by atoms with Gasteiger partial charge < -0.3 is 0 Å². The molecular weight excluding hydrogens is 204 g/mol. The van der Waals surface area contributed by atoms with Crippen molar-refractivity contribution in [1.29, 1.82) is 0 Å². The Morgan fingerprint density at radius 3 is 2.77 bits per heavy atom. The van der Waals surface area contributed by atoms with Crippen LogP contribution in [-0.4, -0.2) is 9.97 Å². The average Bonchev–Trinajstić information content (AvgIpc) is 2.52. The van der Waals surface area contributed by atoms with Crippen molar-refractivity contribution in [2.75, 3.05) is 0 Å². The highest BCUT2D eigenvalue weighted by Gasteiger charge is 2.03. The average molecular weight is 211 g/mol. The van der Waals surface area contributed by atoms with E-state index in [9.17, 15) is 0 Å². The fourth-order valence-corrected chi connectivity index (χ4v) is 1.96. The monoisotopic (exact) mass is 210 g/mol. The van der Waals surface area contributed by atoms with Crippen molar-refractivity contribution < 1.29 is 0 Å². The van der Waals surface area contributed by atoms with Crippen LogP contribution >= 0.6 is 22.9 Å². The molecule has 2 nitrogen and oxygen atoms in total. The predicted molar refractivity (Wildman–Crippen MR) is 55.1 cm³/mol. The molecule has 0 unspecified atom stereocenters. The molecule has 2 aromatic rings. The first-order chi connectivity index (χ1) is 6.25. The van der Waals surface area contributed by atoms with Crippen molar-refractivity contribution >= 4 is 22.9 Å². The molecule has 2 aromatic heterocycles. The maximum absolute atomic E-state index is 5.76. The molecule has 0 radical (unpaired) electrons. The summed E-state index contributed by atoms with van der Waals surface area (Å²) in [6, 6.07) is 5.72. The van der Waals surface area contributed by atoms with Crippen LogP contribution in [0.15, 0.2) is 24.4 Å². The normalized spacial score (nSPS) is 10.3. The first-order valence-electron chi connectivity index (χ1n) is 3.81. The quantitative estimate of drug-likeness (QED) is 0.676. The fraction of sp³-hybridized carbons (Fsp3) is 0.111. The Hall–Kier alpha value is -0.930. The summed E-state index contributed by atoms with van der Waals surface area (Å²) in [5, 5.41) is 0.482. The molecule has 0 bridgehead atoms. The summed E-state index contributed by atoms with van der Waals surface area (Å²) in [6.45, 7) is 2.05. The van der Waals surface area contributed by atoms with Crippen LogP contribution in [0, 0.1) is 6.92 Å². The molecule has 4 heteroatoms. The molecule has 0 saturated carbocycles. The van der Waals surface area contributed by atoms with E-state index in [2.05, 4.69) is 16.9 Å². The Morgan fingerprint density at radius 1 is 1.31 bits per heavy atom. The van der Waals surface area contributed by atoms with Gasteiger partial charge in [0.1, 0.15) is 5.15 Å². The van der Waals surface area contributed by atoms with Crippen molar-refractivity contribution in [2.45, 2.75) is 6.92 Å². The lowest BCUT2D eigenvalue weighted by Crippen LogP contribution is -1.84. The van der Waals surface area contributed by atoms with E-state index in [-0.39, 0.29) is 0 Å². The van der Waals surface area contributed by atoms with Gasteiger partial charge >= 0.3 is 0 Å². The molecule has 0 aliphatic heterocycles. The lowest BCUT2D eigenvalue weighted by Gasteiger charge is -1.94. The highest BCUT2D eigenvalue weighted by Crippen LogP contribution is 2.24. The van der Waals surface area contributed by atoms with E-state index in [0.717, 1.165) is 4.88 Å². The van der Waals surface area contributed by atoms with Crippen molar-refractivity contribution in [1.82, 2.24) is 9.97 Å². The number of thiophene rings is 1. The van der Waals surface area contributed by atoms with Gasteiger partial charge in [0, 0.05) is 11.1 Å². The van der Waals surface area contributed by atoms with E-state index in [1.165, 1.54) is 4.88 Å². The highest BCUT2D eigenvalue weighted by atomic mass is 35.5. The van der Waals surface area contributed by atoms with Gasteiger partial charge in [-0.3, -0.25) is 0 Å². The maximum atomic E-state index is 5.76. The molecule has 13 heavy (non-hydrogen) atoms. The summed E-state index contributed by atoms with van der Waals surface area (Å²) < 4.78 is 0. The maximum Gasteiger partial charge on any atom is 0.170 e. The van der Waals surface area contributed by atoms with Gasteiger partial charge in [0.2, 0.25) is 0 Å². The van der Waals surface area contributed by atoms with Crippen molar-refractivity contribution in [3.63, 3.8) is 0 Å². The molecule has 0 aliphatic carbocycles. The summed E-state index contributed by atoms with van der Waals surface area (Å²) in [7, 11) is 0. The number of aromatic nitrogens is 2. The molecule has 0 fully saturated rings. The Bertz CT molecular complexity index is 425. The molecule has 2 rings (SSSR count). The SMILES string of the molecule is Cc1ccc(-c2nccc(Cl)n2)s1. The van der Waals surface area contributed by atoms with E-state index >= 15 is 0 Å². The second-order valence-corrected chi connectivity index (χ2v) is 4.29. The smallest absolute Gasteiger partial charge is 0.170 e. The third-order valence-electron chi connectivity index (χ3n) is 1.58. The third-order valence-corrected chi connectivity index (χ3v) is 2.79. The fourth-order valence-electron chi connectivity index (χ4n) is 1.01. The van der Waals surface area contributed by atoms with Crippen LogP contribution in [0.25, 0.3) is 10.7 Å². The third kappa shape index (κ3) is 1.87. The second kappa shape index (κ2) is 3.44. The largest absolute Gasteiger partial charge is 0.236 e. The van der Waals surface area contributed by atoms with Gasteiger partial charge in [0.15, 0.2) is 5.82 Å². The van der Waals surface area contributed by atoms with Gasteiger partial charge in [-0.25, -0.2) is 9.97 Å². The highest BCUT2D eigenvalue weighted by molar-refractivity contribution is 7.15. The number of hydrogen-bond acceptors (Lipinski definition) is 3. The summed E-state index contributed by atoms with van der Waals surface area (Å²) in [4.78, 5) is 10.6. The minimum Gasteiger partial charge on any atom is -0.236 e. The Kier molecular flexibility index (Phi) is 2.29. The standard InChI is InChI=1S/C9H7ClN2S/c1-6-2-3-7(13-6)9-11-5-4-8(10)12-9/h2-5H,1H3. The van der Waals surface area contributed by atoms with Crippen LogP contribution in [0.2, 0.25) is 5.15 Å². The minimum atomic E-state index is 0.482. The zero-order chi connectivity index (χ0) is 9.26. The summed E-state index contributed by atoms with van der Waals surface area (Å²) in [6.07, 6.45) is 1.67. The Morgan fingerprint density at radius 2 is 2.15 bits per heavy atom. The number of halogens is 1. The lowest BCUT2D eigenvalue weighted by atomic mass is 10.4. The molecular formula is C9H7ClN2S. The molecule has 0 amide bonds. The minimum absolute atomic E-state index is 0.482. The summed E-state index contributed by atoms with van der Waals surface area (Å²) in [5.74, 6) is 0.700. The van der Waals surface area contributed by atoms with Gasteiger partial charge in [0.25, 0.3) is 0 Å². The second-order valence-electron chi connectivity index (χ2n) is 2.61. The Balaban J connectivity index is 2.46. The Labute approximate surface area is 85.2 Å². The topological polar surface area (TPSA) is 25.8 Å². The van der Waals surface area contributed by atoms with E-state index in [4.69, 9.17) is 11.6 Å². The van der Waals surface area contributed by atoms with Crippen LogP contribution in [0.5, 0.6) is 0 Å². The molecule has 0 aromatic carbocycles. The van der Waals surface area contributed by atoms with E-state index in [0.29, 0.717) is 11.0 Å². The summed E-state index contributed by atoms with van der Waals surface area (Å²) in [5.41, 5.74) is 0. The zero-order valence-corrected chi connectivity index (χ0v) is 8.56. The number of nitrogens with zero attached hydrogens (tertiary/aromatic N) is 2. The molecule has 2 heterocycles.